The summed E-state index contributed by atoms with van der Waals surface area (Å²) in [6, 6.07) is 2.82. The van der Waals surface area contributed by atoms with Crippen molar-refractivity contribution < 1.29 is 77.5 Å². The van der Waals surface area contributed by atoms with E-state index in [9.17, 15) is 39.6 Å². The van der Waals surface area contributed by atoms with Gasteiger partial charge in [-0.15, -0.1) is 0 Å². The quantitative estimate of drug-likeness (QED) is 0.334. The van der Waals surface area contributed by atoms with E-state index in [0.717, 1.165) is 6.08 Å². The van der Waals surface area contributed by atoms with Crippen molar-refractivity contribution in [3.8, 4) is 5.75 Å². The van der Waals surface area contributed by atoms with E-state index in [1.807, 2.05) is 6.92 Å². The number of phenolic OH excluding ortho intramolecular Hbond substituents is 1. The molecule has 8 aliphatic rings. The minimum absolute atomic E-state index is 0.149. The minimum atomic E-state index is -2.80. The number of fused-ring (bicyclic) bond motifs is 5. The molecule has 5 heterocycles. The number of ether oxygens (including phenoxy) is 8. The molecule has 16 heteroatoms. The predicted molar refractivity (Wildman–Crippen MR) is 200 cm³/mol. The van der Waals surface area contributed by atoms with Crippen molar-refractivity contribution in [2.75, 3.05) is 6.61 Å². The number of phenols is 1. The first kappa shape index (κ1) is 40.9. The van der Waals surface area contributed by atoms with Gasteiger partial charge in [-0.3, -0.25) is 19.2 Å². The molecule has 59 heavy (non-hydrogen) atoms. The molecule has 0 bridgehead atoms. The molecule has 16 nitrogen and oxygen atoms in total. The molecule has 318 valence electrons. The lowest BCUT2D eigenvalue weighted by atomic mass is 9.57. The Morgan fingerprint density at radius 2 is 1.63 bits per heavy atom. The second-order valence-electron chi connectivity index (χ2n) is 17.6. The summed E-state index contributed by atoms with van der Waals surface area (Å²) in [7, 11) is 0. The molecule has 5 aliphatic heterocycles. The number of allylic oxidation sites excluding steroid dienone is 2. The van der Waals surface area contributed by atoms with Crippen LogP contribution < -0.4 is 0 Å². The minimum Gasteiger partial charge on any atom is -0.507 e. The molecule has 4 N–H and O–H groups in total. The van der Waals surface area contributed by atoms with Gasteiger partial charge in [-0.25, -0.2) is 0 Å². The zero-order valence-corrected chi connectivity index (χ0v) is 33.4. The van der Waals surface area contributed by atoms with Gasteiger partial charge in [0, 0.05) is 48.8 Å². The van der Waals surface area contributed by atoms with Crippen LogP contribution in [0, 0.1) is 0 Å². The molecular formula is C43H50O16. The van der Waals surface area contributed by atoms with Gasteiger partial charge in [-0.2, -0.15) is 0 Å². The van der Waals surface area contributed by atoms with Crippen LogP contribution in [-0.2, 0) is 47.5 Å². The van der Waals surface area contributed by atoms with Gasteiger partial charge in [0.25, 0.3) is 0 Å². The van der Waals surface area contributed by atoms with Crippen LogP contribution in [0.4, 0.5) is 0 Å². The Kier molecular flexibility index (Phi) is 10.1. The third kappa shape index (κ3) is 6.63. The largest absolute Gasteiger partial charge is 0.507 e. The van der Waals surface area contributed by atoms with Crippen molar-refractivity contribution >= 4 is 23.1 Å². The van der Waals surface area contributed by atoms with Crippen molar-refractivity contribution in [1.82, 2.24) is 0 Å². The van der Waals surface area contributed by atoms with E-state index < -0.39 is 126 Å². The summed E-state index contributed by atoms with van der Waals surface area (Å²) >= 11 is 0. The number of Topliss-reactive ketones (excluding diaryl/α,β-unsaturated/α-hetero) is 3. The summed E-state index contributed by atoms with van der Waals surface area (Å²) in [5.74, 6) is -3.27. The van der Waals surface area contributed by atoms with Gasteiger partial charge in [0.15, 0.2) is 41.3 Å². The summed E-state index contributed by atoms with van der Waals surface area (Å²) in [5.41, 5.74) is -7.69. The summed E-state index contributed by atoms with van der Waals surface area (Å²) in [6.45, 7) is 8.81. The van der Waals surface area contributed by atoms with Gasteiger partial charge in [0.2, 0.25) is 0 Å². The number of hydrogen-bond acceptors (Lipinski definition) is 16. The molecule has 0 aromatic heterocycles. The standard InChI is InChI=1S/C43H50O16/c1-18-26(44)8-9-33(54-18)57-28-12-22(16-52-20(28)3)59-41(5)15-32(46)43(51)35-25(10-11-42(43,50)17-41)37(48)34-24(38(35)49)7-6-23(36(34)47)29-14-30-39(21(4)53-29)58-40-31(56-30)13-27(45)19(2)55-40/h6-11,18-22,27-31,33,39-40,45,47,50-51H,12-17H2,1-5H3/t18-,19-,20-,21+,22-,27+,28-,29-,30?,31?,33-,39?,40?,41-,42-,43-/m0/s1. The highest BCUT2D eigenvalue weighted by molar-refractivity contribution is 6.32. The maximum absolute atomic E-state index is 14.4. The summed E-state index contributed by atoms with van der Waals surface area (Å²) in [6.07, 6.45) is -2.08. The number of rotatable bonds is 5. The maximum atomic E-state index is 14.4. The Labute approximate surface area is 340 Å². The summed E-state index contributed by atoms with van der Waals surface area (Å²) < 4.78 is 48.9. The van der Waals surface area contributed by atoms with E-state index in [-0.39, 0.29) is 53.6 Å². The molecule has 4 saturated heterocycles. The molecule has 0 radical (unpaired) electrons. The lowest BCUT2D eigenvalue weighted by Crippen LogP contribution is -2.70. The van der Waals surface area contributed by atoms with Crippen LogP contribution in [0.2, 0.25) is 0 Å². The highest BCUT2D eigenvalue weighted by Crippen LogP contribution is 2.53. The normalized spacial score (nSPS) is 45.7. The molecule has 1 saturated carbocycles. The van der Waals surface area contributed by atoms with Crippen LogP contribution in [0.25, 0.3) is 0 Å². The van der Waals surface area contributed by atoms with Crippen LogP contribution in [-0.4, -0.2) is 141 Å². The first-order chi connectivity index (χ1) is 27.9. The van der Waals surface area contributed by atoms with Gasteiger partial charge in [0.1, 0.15) is 29.7 Å². The highest BCUT2D eigenvalue weighted by Gasteiger charge is 2.67. The van der Waals surface area contributed by atoms with Crippen molar-refractivity contribution in [2.45, 2.75) is 163 Å². The fraction of sp³-hybridized carbons (Fsp3) is 0.628. The van der Waals surface area contributed by atoms with E-state index in [0.29, 0.717) is 12.8 Å². The smallest absolute Gasteiger partial charge is 0.198 e. The molecule has 0 spiro atoms. The number of aliphatic hydroxyl groups excluding tert-OH is 1. The van der Waals surface area contributed by atoms with E-state index in [1.165, 1.54) is 30.4 Å². The molecule has 3 aliphatic carbocycles. The average molecular weight is 823 g/mol. The van der Waals surface area contributed by atoms with Gasteiger partial charge in [-0.05, 0) is 58.9 Å². The molecule has 0 amide bonds. The number of aliphatic hydroxyl groups is 3. The number of carbonyl (C=O) groups is 4. The molecule has 16 atom stereocenters. The Bertz CT molecular complexity index is 2060. The zero-order chi connectivity index (χ0) is 41.9. The zero-order valence-electron chi connectivity index (χ0n) is 33.4. The van der Waals surface area contributed by atoms with Gasteiger partial charge in [-0.1, -0.05) is 12.1 Å². The van der Waals surface area contributed by atoms with Crippen molar-refractivity contribution in [1.29, 1.82) is 0 Å². The summed E-state index contributed by atoms with van der Waals surface area (Å²) in [4.78, 5) is 54.8. The maximum Gasteiger partial charge on any atom is 0.198 e. The number of aromatic hydroxyl groups is 1. The van der Waals surface area contributed by atoms with Crippen molar-refractivity contribution in [3.63, 3.8) is 0 Å². The average Bonchev–Trinajstić information content (AvgIpc) is 3.17. The number of carbonyl (C=O) groups excluding carboxylic acids is 4. The SMILES string of the molecule is C[C@@H]1O[C@@H](O[C@H]2C[C@H](O[C@@]3(C)CC(=O)[C@]4(O)C5=C(C=C[C@]4(O)C3)C(=O)c3c(ccc([C@@H]4CC6OC7C[C@@H](O)[C@H](C)OC7OC6[C@@H](C)O4)c3O)C5=O)CO[C@H]2C)C=CC1=O. The Hall–Kier alpha value is -3.52. The van der Waals surface area contributed by atoms with E-state index in [1.54, 1.807) is 27.7 Å². The van der Waals surface area contributed by atoms with Crippen LogP contribution in [0.3, 0.4) is 0 Å². The third-order valence-electron chi connectivity index (χ3n) is 13.3. The Balaban J connectivity index is 0.929. The highest BCUT2D eigenvalue weighted by atomic mass is 16.7. The first-order valence-corrected chi connectivity index (χ1v) is 20.4. The van der Waals surface area contributed by atoms with Crippen molar-refractivity contribution in [3.05, 3.63) is 64.3 Å². The number of benzene rings is 1. The lowest BCUT2D eigenvalue weighted by Gasteiger charge is -2.53. The second-order valence-corrected chi connectivity index (χ2v) is 17.6. The van der Waals surface area contributed by atoms with Crippen molar-refractivity contribution in [2.24, 2.45) is 0 Å². The predicted octanol–water partition coefficient (Wildman–Crippen LogP) is 2.17. The van der Waals surface area contributed by atoms with Crippen LogP contribution in [0.15, 0.2) is 47.6 Å². The van der Waals surface area contributed by atoms with Gasteiger partial charge in [0.05, 0.1) is 72.2 Å². The number of hydrogen-bond donors (Lipinski definition) is 4. The molecule has 4 unspecified atom stereocenters. The topological polar surface area (TPSA) is 223 Å². The van der Waals surface area contributed by atoms with Crippen LogP contribution >= 0.6 is 0 Å². The third-order valence-corrected chi connectivity index (χ3v) is 13.3. The van der Waals surface area contributed by atoms with Crippen LogP contribution in [0.1, 0.15) is 99.1 Å². The second kappa shape index (κ2) is 14.6. The number of ketones is 4. The Morgan fingerprint density at radius 3 is 2.39 bits per heavy atom. The molecule has 5 fully saturated rings. The van der Waals surface area contributed by atoms with Gasteiger partial charge >= 0.3 is 0 Å². The van der Waals surface area contributed by atoms with E-state index in [4.69, 9.17) is 37.9 Å². The lowest BCUT2D eigenvalue weighted by molar-refractivity contribution is -0.365. The monoisotopic (exact) mass is 822 g/mol. The fourth-order valence-corrected chi connectivity index (χ4v) is 10.1. The van der Waals surface area contributed by atoms with Crippen LogP contribution in [0.5, 0.6) is 5.75 Å². The molecule has 1 aromatic carbocycles. The van der Waals surface area contributed by atoms with E-state index in [2.05, 4.69) is 0 Å². The summed E-state index contributed by atoms with van der Waals surface area (Å²) in [5, 5.41) is 46.5. The van der Waals surface area contributed by atoms with Gasteiger partial charge < -0.3 is 58.3 Å². The first-order valence-electron chi connectivity index (χ1n) is 20.4. The molecular weight excluding hydrogens is 772 g/mol. The fourth-order valence-electron chi connectivity index (χ4n) is 10.1. The molecule has 1 aromatic rings. The Morgan fingerprint density at radius 1 is 0.847 bits per heavy atom. The molecule has 9 rings (SSSR count). The van der Waals surface area contributed by atoms with E-state index >= 15 is 0 Å².